The summed E-state index contributed by atoms with van der Waals surface area (Å²) in [4.78, 5) is 38.9. The molecule has 2 heterocycles. The van der Waals surface area contributed by atoms with Gasteiger partial charge in [-0.2, -0.15) is 0 Å². The Kier molecular flexibility index (Phi) is 7.15. The van der Waals surface area contributed by atoms with Crippen LogP contribution in [0.2, 0.25) is 0 Å². The molecule has 0 saturated carbocycles. The van der Waals surface area contributed by atoms with Gasteiger partial charge in [0.1, 0.15) is 18.5 Å². The summed E-state index contributed by atoms with van der Waals surface area (Å²) in [6.45, 7) is 0.197. The van der Waals surface area contributed by atoms with E-state index in [1.165, 1.54) is 12.1 Å². The molecule has 0 unspecified atom stereocenters. The van der Waals surface area contributed by atoms with Gasteiger partial charge in [-0.15, -0.1) is 0 Å². The molecule has 2 aliphatic rings. The molecule has 11 heteroatoms. The van der Waals surface area contributed by atoms with Crippen molar-refractivity contribution < 1.29 is 32.6 Å². The molecule has 4 amide bonds. The van der Waals surface area contributed by atoms with Gasteiger partial charge in [0.05, 0.1) is 24.1 Å². The van der Waals surface area contributed by atoms with Gasteiger partial charge in [-0.25, -0.2) is 13.6 Å². The minimum Gasteiger partial charge on any atom is -0.490 e. The van der Waals surface area contributed by atoms with Crippen molar-refractivity contribution in [1.29, 1.82) is 0 Å². The molecule has 4 rings (SSSR count). The van der Waals surface area contributed by atoms with Gasteiger partial charge in [-0.3, -0.25) is 9.59 Å². The van der Waals surface area contributed by atoms with Crippen molar-refractivity contribution in [2.75, 3.05) is 31.3 Å². The van der Waals surface area contributed by atoms with Gasteiger partial charge < -0.3 is 30.3 Å². The number of benzene rings is 2. The number of halogens is 2. The number of anilines is 2. The van der Waals surface area contributed by atoms with Crippen LogP contribution in [0, 0.1) is 11.6 Å². The van der Waals surface area contributed by atoms with Crippen molar-refractivity contribution in [2.24, 2.45) is 0 Å². The first-order chi connectivity index (χ1) is 16.7. The lowest BCUT2D eigenvalue weighted by atomic mass is 9.94. The predicted octanol–water partition coefficient (Wildman–Crippen LogP) is 3.13. The summed E-state index contributed by atoms with van der Waals surface area (Å²) in [5, 5.41) is 7.58. The van der Waals surface area contributed by atoms with Crippen LogP contribution in [-0.4, -0.2) is 61.7 Å². The number of hydrogen-bond acceptors (Lipinski definition) is 5. The van der Waals surface area contributed by atoms with E-state index in [2.05, 4.69) is 16.0 Å². The number of ether oxygens (including phenoxy) is 2. The maximum Gasteiger partial charge on any atom is 0.323 e. The lowest BCUT2D eigenvalue weighted by molar-refractivity contribution is -0.133. The van der Waals surface area contributed by atoms with E-state index in [9.17, 15) is 23.2 Å². The first kappa shape index (κ1) is 24.4. The number of urea groups is 1. The van der Waals surface area contributed by atoms with Gasteiger partial charge in [-0.05, 0) is 43.2 Å². The van der Waals surface area contributed by atoms with Crippen LogP contribution >= 0.6 is 0 Å². The van der Waals surface area contributed by atoms with Crippen LogP contribution in [0.5, 0.6) is 5.75 Å². The highest BCUT2D eigenvalue weighted by Gasteiger charge is 2.39. The molecule has 9 nitrogen and oxygen atoms in total. The summed E-state index contributed by atoms with van der Waals surface area (Å²) in [7, 11) is 3.26. The molecule has 1 saturated heterocycles. The lowest BCUT2D eigenvalue weighted by Crippen LogP contribution is -2.53. The quantitative estimate of drug-likeness (QED) is 0.613. The standard InChI is InChI=1S/C24H26F2N4O5/c1-27-22(31)11-15-5-7-19-21(35-15)12-34-20-8-4-13(9-16(20)23(32)30(19)2)28-24(33)29-14-3-6-17(25)18(26)10-14/h3-4,6,8-10,15,19,21H,5,7,11-12H2,1-2H3,(H,27,31)(H2,28,29,33)/t15-,19-,21-/m0/s1. The number of likely N-dealkylation sites (N-methyl/N-ethyl adjacent to an activating group) is 1. The van der Waals surface area contributed by atoms with E-state index in [0.717, 1.165) is 12.1 Å². The Balaban J connectivity index is 1.46. The maximum atomic E-state index is 13.4. The lowest BCUT2D eigenvalue weighted by Gasteiger charge is -2.42. The fourth-order valence-corrected chi connectivity index (χ4v) is 4.28. The van der Waals surface area contributed by atoms with E-state index in [4.69, 9.17) is 9.47 Å². The topological polar surface area (TPSA) is 109 Å². The van der Waals surface area contributed by atoms with E-state index >= 15 is 0 Å². The van der Waals surface area contributed by atoms with Gasteiger partial charge in [0, 0.05) is 31.5 Å². The molecule has 2 aromatic rings. The van der Waals surface area contributed by atoms with Gasteiger partial charge in [0.2, 0.25) is 5.91 Å². The summed E-state index contributed by atoms with van der Waals surface area (Å²) in [6, 6.07) is 6.71. The molecule has 2 aromatic carbocycles. The van der Waals surface area contributed by atoms with E-state index in [1.54, 1.807) is 31.1 Å². The molecule has 0 aliphatic carbocycles. The van der Waals surface area contributed by atoms with Crippen molar-refractivity contribution >= 4 is 29.2 Å². The number of rotatable bonds is 4. The molecule has 35 heavy (non-hydrogen) atoms. The number of carbonyl (C=O) groups is 3. The smallest absolute Gasteiger partial charge is 0.323 e. The monoisotopic (exact) mass is 488 g/mol. The third-order valence-corrected chi connectivity index (χ3v) is 6.14. The number of fused-ring (bicyclic) bond motifs is 2. The van der Waals surface area contributed by atoms with Gasteiger partial charge in [0.15, 0.2) is 11.6 Å². The first-order valence-corrected chi connectivity index (χ1v) is 11.2. The highest BCUT2D eigenvalue weighted by atomic mass is 19.2. The number of nitrogens with zero attached hydrogens (tertiary/aromatic N) is 1. The van der Waals surface area contributed by atoms with Crippen LogP contribution in [0.25, 0.3) is 0 Å². The van der Waals surface area contributed by atoms with Crippen LogP contribution in [0.1, 0.15) is 29.6 Å². The molecule has 0 spiro atoms. The summed E-state index contributed by atoms with van der Waals surface area (Å²) < 4.78 is 38.4. The second-order valence-corrected chi connectivity index (χ2v) is 8.46. The molecular formula is C24H26F2N4O5. The molecule has 3 N–H and O–H groups in total. The Morgan fingerprint density at radius 2 is 1.77 bits per heavy atom. The second-order valence-electron chi connectivity index (χ2n) is 8.46. The summed E-state index contributed by atoms with van der Waals surface area (Å²) in [5.41, 5.74) is 0.658. The maximum absolute atomic E-state index is 13.4. The molecule has 0 aromatic heterocycles. The van der Waals surface area contributed by atoms with Crippen molar-refractivity contribution in [3.63, 3.8) is 0 Å². The van der Waals surface area contributed by atoms with Crippen molar-refractivity contribution in [3.8, 4) is 5.75 Å². The van der Waals surface area contributed by atoms with Crippen LogP contribution in [0.4, 0.5) is 25.0 Å². The van der Waals surface area contributed by atoms with E-state index < -0.39 is 17.7 Å². The second kappa shape index (κ2) is 10.3. The molecule has 186 valence electrons. The third kappa shape index (κ3) is 5.51. The Bertz CT molecular complexity index is 1140. The Labute approximate surface area is 200 Å². The number of carbonyl (C=O) groups excluding carboxylic acids is 3. The Morgan fingerprint density at radius 1 is 1.06 bits per heavy atom. The SMILES string of the molecule is CNC(=O)C[C@@H]1CC[C@H]2[C@H](COc3ccc(NC(=O)Nc4ccc(F)c(F)c4)cc3C(=O)N2C)O1. The number of nitrogens with one attached hydrogen (secondary N) is 3. The number of amides is 4. The first-order valence-electron chi connectivity index (χ1n) is 11.2. The van der Waals surface area contributed by atoms with Crippen molar-refractivity contribution in [3.05, 3.63) is 53.6 Å². The van der Waals surface area contributed by atoms with Gasteiger partial charge >= 0.3 is 6.03 Å². The van der Waals surface area contributed by atoms with Crippen LogP contribution < -0.4 is 20.7 Å². The van der Waals surface area contributed by atoms with E-state index in [1.807, 2.05) is 0 Å². The summed E-state index contributed by atoms with van der Waals surface area (Å²) in [5.74, 6) is -2.17. The molecule has 1 fully saturated rings. The molecular weight excluding hydrogens is 462 g/mol. The zero-order chi connectivity index (χ0) is 25.1. The molecule has 2 aliphatic heterocycles. The zero-order valence-electron chi connectivity index (χ0n) is 19.3. The highest BCUT2D eigenvalue weighted by Crippen LogP contribution is 2.32. The van der Waals surface area contributed by atoms with Gasteiger partial charge in [-0.1, -0.05) is 0 Å². The minimum absolute atomic E-state index is 0.0739. The summed E-state index contributed by atoms with van der Waals surface area (Å²) in [6.07, 6.45) is 0.893. The van der Waals surface area contributed by atoms with Crippen molar-refractivity contribution in [1.82, 2.24) is 10.2 Å². The average Bonchev–Trinajstić information content (AvgIpc) is 2.84. The predicted molar refractivity (Wildman–Crippen MR) is 123 cm³/mol. The zero-order valence-corrected chi connectivity index (χ0v) is 19.3. The molecule has 3 atom stereocenters. The van der Waals surface area contributed by atoms with Gasteiger partial charge in [0.25, 0.3) is 5.91 Å². The molecule has 0 bridgehead atoms. The van der Waals surface area contributed by atoms with Crippen LogP contribution in [-0.2, 0) is 9.53 Å². The third-order valence-electron chi connectivity index (χ3n) is 6.14. The van der Waals surface area contributed by atoms with Crippen LogP contribution in [0.15, 0.2) is 36.4 Å². The minimum atomic E-state index is -1.08. The molecule has 0 radical (unpaired) electrons. The Hall–Kier alpha value is -3.73. The fourth-order valence-electron chi connectivity index (χ4n) is 4.28. The fraction of sp³-hybridized carbons (Fsp3) is 0.375. The highest BCUT2D eigenvalue weighted by molar-refractivity contribution is 6.02. The average molecular weight is 488 g/mol. The van der Waals surface area contributed by atoms with E-state index in [0.29, 0.717) is 24.3 Å². The van der Waals surface area contributed by atoms with Crippen LogP contribution in [0.3, 0.4) is 0 Å². The van der Waals surface area contributed by atoms with E-state index in [-0.39, 0.29) is 54.3 Å². The normalized spacial score (nSPS) is 21.5. The summed E-state index contributed by atoms with van der Waals surface area (Å²) >= 11 is 0. The Morgan fingerprint density at radius 3 is 2.49 bits per heavy atom. The van der Waals surface area contributed by atoms with Crippen molar-refractivity contribution in [2.45, 2.75) is 37.5 Å². The largest absolute Gasteiger partial charge is 0.490 e. The number of hydrogen-bond donors (Lipinski definition) is 3.